The van der Waals surface area contributed by atoms with Crippen LogP contribution < -0.4 is 16.4 Å². The number of urea groups is 1. The first-order valence-electron chi connectivity index (χ1n) is 6.84. The van der Waals surface area contributed by atoms with Gasteiger partial charge in [-0.05, 0) is 31.0 Å². The van der Waals surface area contributed by atoms with Crippen molar-refractivity contribution in [2.24, 2.45) is 5.73 Å². The van der Waals surface area contributed by atoms with Gasteiger partial charge in [0.15, 0.2) is 0 Å². The zero-order valence-corrected chi connectivity index (χ0v) is 12.6. The van der Waals surface area contributed by atoms with Gasteiger partial charge in [-0.15, -0.1) is 0 Å². The van der Waals surface area contributed by atoms with Crippen LogP contribution in [0, 0.1) is 0 Å². The normalized spacial score (nSPS) is 15.6. The molecule has 1 aromatic carbocycles. The Morgan fingerprint density at radius 1 is 1.33 bits per heavy atom. The van der Waals surface area contributed by atoms with E-state index in [1.54, 1.807) is 24.1 Å². The number of likely N-dealkylation sites (tertiary alicyclic amines) is 1. The van der Waals surface area contributed by atoms with Gasteiger partial charge in [0.2, 0.25) is 0 Å². The second-order valence-corrected chi connectivity index (χ2v) is 5.42. The van der Waals surface area contributed by atoms with E-state index in [0.29, 0.717) is 23.7 Å². The van der Waals surface area contributed by atoms with Crippen molar-refractivity contribution in [1.82, 2.24) is 10.2 Å². The summed E-state index contributed by atoms with van der Waals surface area (Å²) in [7, 11) is 1.57. The summed E-state index contributed by atoms with van der Waals surface area (Å²) in [5, 5.41) is 6.35. The van der Waals surface area contributed by atoms with Gasteiger partial charge in [-0.3, -0.25) is 4.79 Å². The number of rotatable bonds is 3. The maximum Gasteiger partial charge on any atom is 0.314 e. The van der Waals surface area contributed by atoms with Crippen LogP contribution in [-0.4, -0.2) is 43.0 Å². The van der Waals surface area contributed by atoms with Crippen LogP contribution in [0.15, 0.2) is 18.2 Å². The highest BCUT2D eigenvalue weighted by molar-refractivity contribution is 6.34. The predicted octanol–water partition coefficient (Wildman–Crippen LogP) is 1.65. The van der Waals surface area contributed by atoms with Crippen molar-refractivity contribution < 1.29 is 9.59 Å². The van der Waals surface area contributed by atoms with Crippen molar-refractivity contribution in [3.05, 3.63) is 28.8 Å². The maximum atomic E-state index is 11.7. The predicted molar refractivity (Wildman–Crippen MR) is 82.6 cm³/mol. The van der Waals surface area contributed by atoms with Gasteiger partial charge in [0.05, 0.1) is 10.6 Å². The average Bonchev–Trinajstić information content (AvgIpc) is 2.49. The number of carbonyl (C=O) groups is 2. The molecule has 0 saturated carbocycles. The Kier molecular flexibility index (Phi) is 4.90. The Hall–Kier alpha value is -1.95. The largest absolute Gasteiger partial charge is 0.382 e. The van der Waals surface area contributed by atoms with E-state index in [0.717, 1.165) is 18.5 Å². The molecule has 0 bridgehead atoms. The Labute approximate surface area is 128 Å². The van der Waals surface area contributed by atoms with Gasteiger partial charge < -0.3 is 21.3 Å². The summed E-state index contributed by atoms with van der Waals surface area (Å²) in [5.74, 6) is -0.216. The van der Waals surface area contributed by atoms with E-state index in [-0.39, 0.29) is 18.0 Å². The van der Waals surface area contributed by atoms with Crippen LogP contribution in [0.1, 0.15) is 23.2 Å². The van der Waals surface area contributed by atoms with Gasteiger partial charge in [0.1, 0.15) is 0 Å². The Balaban J connectivity index is 2.01. The number of amides is 3. The SMILES string of the molecule is CNC(=O)c1cc(NC2CCN(C(N)=O)CC2)ccc1Cl. The summed E-state index contributed by atoms with van der Waals surface area (Å²) in [6.45, 7) is 1.28. The fourth-order valence-corrected chi connectivity index (χ4v) is 2.61. The van der Waals surface area contributed by atoms with Gasteiger partial charge in [-0.2, -0.15) is 0 Å². The van der Waals surface area contributed by atoms with Crippen molar-refractivity contribution >= 4 is 29.2 Å². The van der Waals surface area contributed by atoms with Gasteiger partial charge in [0.25, 0.3) is 5.91 Å². The number of nitrogens with one attached hydrogen (secondary N) is 2. The molecule has 1 aromatic rings. The number of anilines is 1. The summed E-state index contributed by atoms with van der Waals surface area (Å²) in [4.78, 5) is 24.4. The van der Waals surface area contributed by atoms with Crippen LogP contribution in [0.3, 0.4) is 0 Å². The first kappa shape index (κ1) is 15.4. The highest BCUT2D eigenvalue weighted by Gasteiger charge is 2.21. The smallest absolute Gasteiger partial charge is 0.314 e. The fraction of sp³-hybridized carbons (Fsp3) is 0.429. The molecule has 0 spiro atoms. The van der Waals surface area contributed by atoms with Gasteiger partial charge in [-0.1, -0.05) is 11.6 Å². The first-order valence-corrected chi connectivity index (χ1v) is 7.21. The van der Waals surface area contributed by atoms with E-state index in [9.17, 15) is 9.59 Å². The third kappa shape index (κ3) is 3.78. The highest BCUT2D eigenvalue weighted by Crippen LogP contribution is 2.23. The second-order valence-electron chi connectivity index (χ2n) is 5.02. The molecule has 1 fully saturated rings. The molecular weight excluding hydrogens is 292 g/mol. The Morgan fingerprint density at radius 3 is 2.57 bits per heavy atom. The molecule has 21 heavy (non-hydrogen) atoms. The molecule has 1 aliphatic heterocycles. The zero-order valence-electron chi connectivity index (χ0n) is 11.9. The van der Waals surface area contributed by atoms with E-state index < -0.39 is 0 Å². The number of benzene rings is 1. The maximum absolute atomic E-state index is 11.7. The molecule has 114 valence electrons. The molecule has 1 aliphatic rings. The lowest BCUT2D eigenvalue weighted by Crippen LogP contribution is -2.44. The fourth-order valence-electron chi connectivity index (χ4n) is 2.40. The number of hydrogen-bond donors (Lipinski definition) is 3. The van der Waals surface area contributed by atoms with Crippen LogP contribution in [0.25, 0.3) is 0 Å². The summed E-state index contributed by atoms with van der Waals surface area (Å²) >= 11 is 6.02. The minimum Gasteiger partial charge on any atom is -0.382 e. The van der Waals surface area contributed by atoms with Crippen molar-refractivity contribution in [3.8, 4) is 0 Å². The van der Waals surface area contributed by atoms with Crippen molar-refractivity contribution in [2.75, 3.05) is 25.5 Å². The zero-order chi connectivity index (χ0) is 15.4. The average molecular weight is 311 g/mol. The van der Waals surface area contributed by atoms with Gasteiger partial charge in [-0.25, -0.2) is 4.79 Å². The summed E-state index contributed by atoms with van der Waals surface area (Å²) in [6, 6.07) is 5.16. The van der Waals surface area contributed by atoms with Crippen LogP contribution in [0.4, 0.5) is 10.5 Å². The molecule has 2 rings (SSSR count). The minimum absolute atomic E-state index is 0.216. The lowest BCUT2D eigenvalue weighted by molar-refractivity contribution is 0.0963. The molecule has 0 atom stereocenters. The number of nitrogens with zero attached hydrogens (tertiary/aromatic N) is 1. The lowest BCUT2D eigenvalue weighted by Gasteiger charge is -2.31. The summed E-state index contributed by atoms with van der Waals surface area (Å²) < 4.78 is 0. The number of carbonyl (C=O) groups excluding carboxylic acids is 2. The van der Waals surface area contributed by atoms with E-state index in [4.69, 9.17) is 17.3 Å². The number of primary amides is 1. The molecule has 6 nitrogen and oxygen atoms in total. The molecule has 0 aliphatic carbocycles. The molecule has 3 amide bonds. The third-order valence-electron chi connectivity index (χ3n) is 3.62. The van der Waals surface area contributed by atoms with Crippen LogP contribution in [0.2, 0.25) is 5.02 Å². The molecule has 0 radical (unpaired) electrons. The first-order chi connectivity index (χ1) is 10.0. The number of hydrogen-bond acceptors (Lipinski definition) is 3. The van der Waals surface area contributed by atoms with E-state index in [1.807, 2.05) is 6.07 Å². The monoisotopic (exact) mass is 310 g/mol. The van der Waals surface area contributed by atoms with Crippen molar-refractivity contribution in [1.29, 1.82) is 0 Å². The standard InChI is InChI=1S/C14H19ClN4O2/c1-17-13(20)11-8-10(2-3-12(11)15)18-9-4-6-19(7-5-9)14(16)21/h2-3,8-9,18H,4-7H2,1H3,(H2,16,21)(H,17,20). The summed E-state index contributed by atoms with van der Waals surface area (Å²) in [5.41, 5.74) is 6.54. The van der Waals surface area contributed by atoms with E-state index >= 15 is 0 Å². The third-order valence-corrected chi connectivity index (χ3v) is 3.95. The lowest BCUT2D eigenvalue weighted by atomic mass is 10.0. The van der Waals surface area contributed by atoms with Crippen molar-refractivity contribution in [2.45, 2.75) is 18.9 Å². The minimum atomic E-state index is -0.373. The van der Waals surface area contributed by atoms with Crippen LogP contribution >= 0.6 is 11.6 Å². The van der Waals surface area contributed by atoms with Gasteiger partial charge in [0, 0.05) is 31.9 Å². The molecule has 1 saturated heterocycles. The molecule has 4 N–H and O–H groups in total. The number of nitrogens with two attached hydrogens (primary N) is 1. The molecule has 0 unspecified atom stereocenters. The quantitative estimate of drug-likeness (QED) is 0.793. The highest BCUT2D eigenvalue weighted by atomic mass is 35.5. The molecule has 7 heteroatoms. The number of halogens is 1. The van der Waals surface area contributed by atoms with E-state index in [1.165, 1.54) is 0 Å². The van der Waals surface area contributed by atoms with Crippen LogP contribution in [-0.2, 0) is 0 Å². The van der Waals surface area contributed by atoms with Crippen molar-refractivity contribution in [3.63, 3.8) is 0 Å². The Bertz CT molecular complexity index is 542. The molecule has 0 aromatic heterocycles. The topological polar surface area (TPSA) is 87.5 Å². The van der Waals surface area contributed by atoms with E-state index in [2.05, 4.69) is 10.6 Å². The van der Waals surface area contributed by atoms with Gasteiger partial charge >= 0.3 is 6.03 Å². The Morgan fingerprint density at radius 2 is 2.00 bits per heavy atom. The second kappa shape index (κ2) is 6.67. The molecule has 1 heterocycles. The number of piperidine rings is 1. The summed E-state index contributed by atoms with van der Waals surface area (Å²) in [6.07, 6.45) is 1.64. The molecular formula is C14H19ClN4O2. The van der Waals surface area contributed by atoms with Crippen LogP contribution in [0.5, 0.6) is 0 Å².